The number of anilines is 1. The molecule has 0 radical (unpaired) electrons. The van der Waals surface area contributed by atoms with Crippen LogP contribution in [0.15, 0.2) is 36.7 Å². The summed E-state index contributed by atoms with van der Waals surface area (Å²) in [4.78, 5) is 10.8. The number of nitrogens with one attached hydrogen (secondary N) is 1. The second-order valence-electron chi connectivity index (χ2n) is 7.75. The van der Waals surface area contributed by atoms with E-state index in [2.05, 4.69) is 39.6 Å². The predicted molar refractivity (Wildman–Crippen MR) is 104 cm³/mol. The third-order valence-electron chi connectivity index (χ3n) is 6.07. The molecule has 0 spiro atoms. The van der Waals surface area contributed by atoms with Gasteiger partial charge in [-0.05, 0) is 42.4 Å². The van der Waals surface area contributed by atoms with Gasteiger partial charge in [0.1, 0.15) is 5.75 Å². The van der Waals surface area contributed by atoms with Crippen LogP contribution in [0.1, 0.15) is 36.3 Å². The van der Waals surface area contributed by atoms with Gasteiger partial charge in [-0.25, -0.2) is 9.97 Å². The molecule has 5 nitrogen and oxygen atoms in total. The lowest BCUT2D eigenvalue weighted by Crippen LogP contribution is -2.54. The van der Waals surface area contributed by atoms with Crippen LogP contribution in [0, 0.1) is 11.8 Å². The summed E-state index contributed by atoms with van der Waals surface area (Å²) in [7, 11) is 5.64. The molecule has 5 heteroatoms. The lowest BCUT2D eigenvalue weighted by Gasteiger charge is -2.50. The summed E-state index contributed by atoms with van der Waals surface area (Å²) >= 11 is 0. The molecule has 4 rings (SSSR count). The van der Waals surface area contributed by atoms with E-state index in [4.69, 9.17) is 4.74 Å². The summed E-state index contributed by atoms with van der Waals surface area (Å²) in [6.07, 6.45) is 7.94. The number of methoxy groups -OCH3 is 1. The first-order valence-electron chi connectivity index (χ1n) is 9.53. The molecule has 1 aromatic carbocycles. The summed E-state index contributed by atoms with van der Waals surface area (Å²) in [5.41, 5.74) is 2.58. The van der Waals surface area contributed by atoms with E-state index >= 15 is 0 Å². The Morgan fingerprint density at radius 3 is 2.42 bits per heavy atom. The minimum absolute atomic E-state index is 0.546. The summed E-state index contributed by atoms with van der Waals surface area (Å²) in [6, 6.07) is 9.19. The zero-order chi connectivity index (χ0) is 18.1. The van der Waals surface area contributed by atoms with Gasteiger partial charge in [-0.1, -0.05) is 18.6 Å². The molecule has 4 atom stereocenters. The molecule has 2 aliphatic carbocycles. The smallest absolute Gasteiger partial charge is 0.224 e. The summed E-state index contributed by atoms with van der Waals surface area (Å²) in [5, 5.41) is 3.81. The van der Waals surface area contributed by atoms with Crippen LogP contribution in [-0.2, 0) is 6.54 Å². The Morgan fingerprint density at radius 1 is 1.08 bits per heavy atom. The van der Waals surface area contributed by atoms with Crippen molar-refractivity contribution in [3.8, 4) is 5.75 Å². The molecule has 0 unspecified atom stereocenters. The van der Waals surface area contributed by atoms with E-state index < -0.39 is 0 Å². The monoisotopic (exact) mass is 352 g/mol. The van der Waals surface area contributed by atoms with Crippen molar-refractivity contribution in [3.63, 3.8) is 0 Å². The summed E-state index contributed by atoms with van der Waals surface area (Å²) in [6.45, 7) is 0.828. The Morgan fingerprint density at radius 2 is 1.77 bits per heavy atom. The summed E-state index contributed by atoms with van der Waals surface area (Å²) < 4.78 is 5.31. The number of rotatable bonds is 6. The molecule has 2 saturated carbocycles. The molecule has 1 N–H and O–H groups in total. The van der Waals surface area contributed by atoms with Crippen LogP contribution in [0.25, 0.3) is 0 Å². The number of ether oxygens (including phenoxy) is 1. The van der Waals surface area contributed by atoms with E-state index in [0.29, 0.717) is 12.0 Å². The van der Waals surface area contributed by atoms with Crippen LogP contribution in [-0.4, -0.2) is 37.2 Å². The van der Waals surface area contributed by atoms with Gasteiger partial charge in [0.25, 0.3) is 0 Å². The summed E-state index contributed by atoms with van der Waals surface area (Å²) in [5.74, 6) is 3.93. The highest BCUT2D eigenvalue weighted by molar-refractivity contribution is 5.34. The first-order chi connectivity index (χ1) is 12.7. The maximum absolute atomic E-state index is 5.31. The highest BCUT2D eigenvalue weighted by Crippen LogP contribution is 2.56. The highest BCUT2D eigenvalue weighted by Gasteiger charge is 2.52. The molecule has 0 aliphatic heterocycles. The minimum atomic E-state index is 0.546. The van der Waals surface area contributed by atoms with Gasteiger partial charge in [-0.15, -0.1) is 0 Å². The molecule has 0 bridgehead atoms. The number of aromatic nitrogens is 2. The normalized spacial score (nSPS) is 26.9. The van der Waals surface area contributed by atoms with Crippen molar-refractivity contribution in [1.82, 2.24) is 15.3 Å². The lowest BCUT2D eigenvalue weighted by atomic mass is 9.60. The SMILES string of the molecule is COc1ccc([C@@H]2[C@H]3CCC[C@H]3[C@H]2NCc2cnc(N(C)C)nc2)cc1. The number of benzene rings is 1. The zero-order valence-electron chi connectivity index (χ0n) is 15.9. The fourth-order valence-corrected chi connectivity index (χ4v) is 4.76. The fraction of sp³-hybridized carbons (Fsp3) is 0.524. The Kier molecular flexibility index (Phi) is 4.81. The van der Waals surface area contributed by atoms with E-state index in [1.807, 2.05) is 31.4 Å². The van der Waals surface area contributed by atoms with Crippen molar-refractivity contribution in [3.05, 3.63) is 47.8 Å². The average Bonchev–Trinajstić information content (AvgIpc) is 3.06. The second kappa shape index (κ2) is 7.23. The van der Waals surface area contributed by atoms with E-state index in [1.165, 1.54) is 24.8 Å². The third-order valence-corrected chi connectivity index (χ3v) is 6.07. The number of nitrogens with zero attached hydrogens (tertiary/aromatic N) is 3. The van der Waals surface area contributed by atoms with Gasteiger partial charge >= 0.3 is 0 Å². The van der Waals surface area contributed by atoms with Crippen LogP contribution < -0.4 is 15.0 Å². The first-order valence-corrected chi connectivity index (χ1v) is 9.53. The van der Waals surface area contributed by atoms with Crippen molar-refractivity contribution in [1.29, 1.82) is 0 Å². The van der Waals surface area contributed by atoms with Crippen LogP contribution in [0.5, 0.6) is 5.75 Å². The standard InChI is InChI=1S/C21H28N4O/c1-25(2)21-23-12-14(13-24-21)11-22-20-18-6-4-5-17(18)19(20)15-7-9-16(26-3)10-8-15/h7-10,12-13,17-20,22H,4-6,11H2,1-3H3/t17-,18+,19+,20+/m0/s1. The van der Waals surface area contributed by atoms with Crippen molar-refractivity contribution >= 4 is 5.95 Å². The van der Waals surface area contributed by atoms with Crippen molar-refractivity contribution in [2.45, 2.75) is 37.8 Å². The zero-order valence-corrected chi connectivity index (χ0v) is 15.9. The van der Waals surface area contributed by atoms with Crippen molar-refractivity contribution in [2.24, 2.45) is 11.8 Å². The molecule has 0 saturated heterocycles. The van der Waals surface area contributed by atoms with Crippen molar-refractivity contribution < 1.29 is 4.74 Å². The molecular formula is C21H28N4O. The van der Waals surface area contributed by atoms with E-state index in [1.54, 1.807) is 7.11 Å². The maximum atomic E-state index is 5.31. The largest absolute Gasteiger partial charge is 0.497 e. The molecule has 138 valence electrons. The topological polar surface area (TPSA) is 50.3 Å². The molecule has 1 heterocycles. The Hall–Kier alpha value is -2.14. The van der Waals surface area contributed by atoms with E-state index in [0.717, 1.165) is 35.6 Å². The number of hydrogen-bond donors (Lipinski definition) is 1. The Bertz CT molecular complexity index is 729. The number of hydrogen-bond acceptors (Lipinski definition) is 5. The van der Waals surface area contributed by atoms with E-state index in [9.17, 15) is 0 Å². The number of fused-ring (bicyclic) bond motifs is 1. The first kappa shape index (κ1) is 17.3. The van der Waals surface area contributed by atoms with Gasteiger partial charge in [-0.2, -0.15) is 0 Å². The molecule has 0 amide bonds. The highest BCUT2D eigenvalue weighted by atomic mass is 16.5. The van der Waals surface area contributed by atoms with Gasteiger partial charge in [0.05, 0.1) is 7.11 Å². The molecule has 1 aromatic heterocycles. The molecule has 2 fully saturated rings. The van der Waals surface area contributed by atoms with E-state index in [-0.39, 0.29) is 0 Å². The van der Waals surface area contributed by atoms with Crippen LogP contribution in [0.2, 0.25) is 0 Å². The minimum Gasteiger partial charge on any atom is -0.497 e. The Balaban J connectivity index is 1.45. The van der Waals surface area contributed by atoms with Gasteiger partial charge < -0.3 is 15.0 Å². The average molecular weight is 352 g/mol. The van der Waals surface area contributed by atoms with Gasteiger partial charge in [0.2, 0.25) is 5.95 Å². The van der Waals surface area contributed by atoms with Crippen LogP contribution in [0.3, 0.4) is 0 Å². The molecular weight excluding hydrogens is 324 g/mol. The third kappa shape index (κ3) is 3.16. The lowest BCUT2D eigenvalue weighted by molar-refractivity contribution is 0.0940. The molecule has 26 heavy (non-hydrogen) atoms. The molecule has 2 aromatic rings. The molecule has 2 aliphatic rings. The van der Waals surface area contributed by atoms with Crippen LogP contribution in [0.4, 0.5) is 5.95 Å². The quantitative estimate of drug-likeness (QED) is 0.865. The van der Waals surface area contributed by atoms with Gasteiger partial charge in [0.15, 0.2) is 0 Å². The predicted octanol–water partition coefficient (Wildman–Crippen LogP) is 3.22. The van der Waals surface area contributed by atoms with Gasteiger partial charge in [-0.3, -0.25) is 0 Å². The maximum Gasteiger partial charge on any atom is 0.224 e. The van der Waals surface area contributed by atoms with Crippen molar-refractivity contribution in [2.75, 3.05) is 26.1 Å². The van der Waals surface area contributed by atoms with Crippen LogP contribution >= 0.6 is 0 Å². The Labute approximate surface area is 155 Å². The van der Waals surface area contributed by atoms with Gasteiger partial charge in [0, 0.05) is 50.6 Å². The fourth-order valence-electron chi connectivity index (χ4n) is 4.76. The second-order valence-corrected chi connectivity index (χ2v) is 7.75.